The summed E-state index contributed by atoms with van der Waals surface area (Å²) in [6.07, 6.45) is 0.212. The molecule has 0 aromatic heterocycles. The van der Waals surface area contributed by atoms with E-state index in [4.69, 9.17) is 4.74 Å². The summed E-state index contributed by atoms with van der Waals surface area (Å²) in [7, 11) is 0. The van der Waals surface area contributed by atoms with Crippen molar-refractivity contribution < 1.29 is 29.2 Å². The van der Waals surface area contributed by atoms with Crippen LogP contribution in [0.5, 0.6) is 0 Å². The molecule has 1 N–H and O–H groups in total. The average Bonchev–Trinajstić information content (AvgIpc) is 3.27. The number of aliphatic hydroxyl groups is 1. The van der Waals surface area contributed by atoms with Crippen molar-refractivity contribution in [2.24, 2.45) is 17.8 Å². The van der Waals surface area contributed by atoms with Crippen molar-refractivity contribution in [2.75, 3.05) is 19.6 Å². The van der Waals surface area contributed by atoms with Gasteiger partial charge in [0.05, 0.1) is 28.6 Å². The van der Waals surface area contributed by atoms with E-state index in [0.717, 1.165) is 17.7 Å². The third kappa shape index (κ3) is 4.04. The van der Waals surface area contributed by atoms with Gasteiger partial charge in [-0.2, -0.15) is 0 Å². The highest BCUT2D eigenvalue weighted by molar-refractivity contribution is 6.06. The first-order valence-electron chi connectivity index (χ1n) is 11.1. The summed E-state index contributed by atoms with van der Waals surface area (Å²) < 4.78 is 5.11. The van der Waals surface area contributed by atoms with Crippen LogP contribution in [0.3, 0.4) is 0 Å². The van der Waals surface area contributed by atoms with Crippen molar-refractivity contribution in [1.29, 1.82) is 0 Å². The Labute approximate surface area is 190 Å². The Morgan fingerprint density at radius 1 is 1.24 bits per heavy atom. The second kappa shape index (κ2) is 8.68. The fourth-order valence-electron chi connectivity index (χ4n) is 5.14. The molecule has 10 nitrogen and oxygen atoms in total. The number of hydrogen-bond acceptors (Lipinski definition) is 8. The summed E-state index contributed by atoms with van der Waals surface area (Å²) in [5.74, 6) is -2.21. The van der Waals surface area contributed by atoms with Crippen LogP contribution < -0.4 is 0 Å². The average molecular weight is 457 g/mol. The molecule has 4 atom stereocenters. The van der Waals surface area contributed by atoms with E-state index in [1.54, 1.807) is 0 Å². The monoisotopic (exact) mass is 457 g/mol. The molecular formula is C23H27N3O7. The quantitative estimate of drug-likeness (QED) is 0.225. The van der Waals surface area contributed by atoms with Crippen LogP contribution in [0, 0.1) is 27.9 Å². The van der Waals surface area contributed by atoms with Crippen LogP contribution in [0.25, 0.3) is 0 Å². The van der Waals surface area contributed by atoms with Gasteiger partial charge in [0.1, 0.15) is 5.70 Å². The van der Waals surface area contributed by atoms with Gasteiger partial charge in [-0.15, -0.1) is 0 Å². The molecule has 2 saturated heterocycles. The van der Waals surface area contributed by atoms with E-state index in [9.17, 15) is 29.6 Å². The zero-order chi connectivity index (χ0) is 24.0. The van der Waals surface area contributed by atoms with Gasteiger partial charge in [-0.05, 0) is 30.0 Å². The number of nitro groups is 1. The zero-order valence-corrected chi connectivity index (χ0v) is 18.8. The van der Waals surface area contributed by atoms with Crippen molar-refractivity contribution in [3.8, 4) is 0 Å². The third-order valence-electron chi connectivity index (χ3n) is 6.85. The largest absolute Gasteiger partial charge is 0.392 e. The Morgan fingerprint density at radius 2 is 1.91 bits per heavy atom. The number of aliphatic hydroxyl groups excluding tert-OH is 1. The number of ether oxygens (including phenoxy) is 1. The van der Waals surface area contributed by atoms with Crippen molar-refractivity contribution in [3.05, 3.63) is 51.2 Å². The molecule has 0 radical (unpaired) electrons. The minimum Gasteiger partial charge on any atom is -0.392 e. The second-order valence-corrected chi connectivity index (χ2v) is 9.29. The van der Waals surface area contributed by atoms with Gasteiger partial charge < -0.3 is 14.7 Å². The van der Waals surface area contributed by atoms with E-state index in [-0.39, 0.29) is 46.7 Å². The summed E-state index contributed by atoms with van der Waals surface area (Å²) in [6, 6.07) is 4.59. The molecule has 176 valence electrons. The Kier molecular flexibility index (Phi) is 6.06. The lowest BCUT2D eigenvalue weighted by atomic mass is 9.74. The molecule has 0 aliphatic carbocycles. The molecule has 0 bridgehead atoms. The van der Waals surface area contributed by atoms with E-state index >= 15 is 0 Å². The molecule has 1 aromatic carbocycles. The van der Waals surface area contributed by atoms with Gasteiger partial charge in [-0.25, -0.2) is 9.59 Å². The van der Waals surface area contributed by atoms with Crippen LogP contribution in [0.15, 0.2) is 35.5 Å². The van der Waals surface area contributed by atoms with E-state index < -0.39 is 23.0 Å². The predicted octanol–water partition coefficient (Wildman–Crippen LogP) is 1.73. The molecule has 33 heavy (non-hydrogen) atoms. The van der Waals surface area contributed by atoms with Crippen LogP contribution in [-0.4, -0.2) is 69.5 Å². The van der Waals surface area contributed by atoms with E-state index in [0.29, 0.717) is 26.1 Å². The Balaban J connectivity index is 1.59. The lowest BCUT2D eigenvalue weighted by Crippen LogP contribution is -2.62. The molecule has 3 aliphatic heterocycles. The summed E-state index contributed by atoms with van der Waals surface area (Å²) in [6.45, 7) is 7.47. The van der Waals surface area contributed by atoms with Gasteiger partial charge in [-0.3, -0.25) is 19.8 Å². The number of fused-ring (bicyclic) bond motifs is 1. The summed E-state index contributed by atoms with van der Waals surface area (Å²) in [4.78, 5) is 52.3. The molecule has 0 unspecified atom stereocenters. The first-order chi connectivity index (χ1) is 15.6. The maximum absolute atomic E-state index is 13.1. The van der Waals surface area contributed by atoms with Crippen LogP contribution in [-0.2, 0) is 14.3 Å². The van der Waals surface area contributed by atoms with Gasteiger partial charge in [0.15, 0.2) is 0 Å². The minimum absolute atomic E-state index is 0.00338. The van der Waals surface area contributed by atoms with Crippen molar-refractivity contribution >= 4 is 23.5 Å². The number of likely N-dealkylation sites (tertiary alicyclic amines) is 1. The summed E-state index contributed by atoms with van der Waals surface area (Å²) in [5, 5.41) is 20.7. The fourth-order valence-corrected chi connectivity index (χ4v) is 5.14. The number of benzene rings is 1. The van der Waals surface area contributed by atoms with Crippen molar-refractivity contribution in [2.45, 2.75) is 39.3 Å². The predicted molar refractivity (Wildman–Crippen MR) is 116 cm³/mol. The molecule has 4 rings (SSSR count). The molecule has 1 amide bonds. The summed E-state index contributed by atoms with van der Waals surface area (Å²) >= 11 is 0. The van der Waals surface area contributed by atoms with E-state index in [1.165, 1.54) is 17.0 Å². The normalized spacial score (nSPS) is 27.1. The Morgan fingerprint density at radius 3 is 2.45 bits per heavy atom. The lowest BCUT2D eigenvalue weighted by Gasteiger charge is -2.47. The Bertz CT molecular complexity index is 1030. The molecule has 3 aliphatic rings. The number of β-amino-alcohol motifs (C(OH)–C–C–N with tert-alkyl or cyclic N) is 1. The topological polar surface area (TPSA) is 130 Å². The number of esters is 2. The SMILES string of the molecule is CC(C)[C@H]1C(=O)N2C(C(=O)OC(=O)c3ccc([N+](=O)[O-])cc3)=C(CN3CC[C@H](O)C3)[C@H](C)[C@H]12. The third-order valence-corrected chi connectivity index (χ3v) is 6.85. The number of nitrogens with zero attached hydrogens (tertiary/aromatic N) is 3. The summed E-state index contributed by atoms with van der Waals surface area (Å²) in [5.41, 5.74) is 0.642. The van der Waals surface area contributed by atoms with Crippen molar-refractivity contribution in [3.63, 3.8) is 0 Å². The lowest BCUT2D eigenvalue weighted by molar-refractivity contribution is -0.384. The Hall–Kier alpha value is -3.11. The van der Waals surface area contributed by atoms with E-state index in [1.807, 2.05) is 25.7 Å². The number of carbonyl (C=O) groups is 3. The molecular weight excluding hydrogens is 430 g/mol. The number of rotatable bonds is 6. The van der Waals surface area contributed by atoms with Crippen LogP contribution in [0.2, 0.25) is 0 Å². The maximum atomic E-state index is 13.1. The van der Waals surface area contributed by atoms with Crippen molar-refractivity contribution in [1.82, 2.24) is 9.80 Å². The number of β-lactam (4-membered cyclic amide) rings is 1. The molecule has 3 heterocycles. The number of hydrogen-bond donors (Lipinski definition) is 1. The van der Waals surface area contributed by atoms with Gasteiger partial charge in [-0.1, -0.05) is 20.8 Å². The van der Waals surface area contributed by atoms with Gasteiger partial charge in [0.25, 0.3) is 5.69 Å². The molecule has 0 spiro atoms. The molecule has 1 aromatic rings. The zero-order valence-electron chi connectivity index (χ0n) is 18.8. The van der Waals surface area contributed by atoms with Gasteiger partial charge in [0, 0.05) is 37.7 Å². The highest BCUT2D eigenvalue weighted by atomic mass is 16.6. The van der Waals surface area contributed by atoms with Gasteiger partial charge in [0.2, 0.25) is 5.91 Å². The molecule has 10 heteroatoms. The number of amides is 1. The van der Waals surface area contributed by atoms with Crippen LogP contribution >= 0.6 is 0 Å². The first kappa shape index (κ1) is 23.1. The maximum Gasteiger partial charge on any atom is 0.362 e. The standard InChI is InChI=1S/C23H27N3O7/c1-12(2)18-19-13(3)17(11-24-9-8-16(27)10-24)20(25(19)21(18)28)23(30)33-22(29)14-4-6-15(7-5-14)26(31)32/h4-7,12-13,16,18-19,27H,8-11H2,1-3H3/t13-,16-,18+,19+/m0/s1. The number of non-ortho nitro benzene ring substituents is 1. The second-order valence-electron chi connectivity index (χ2n) is 9.29. The number of carbonyl (C=O) groups excluding carboxylic acids is 3. The first-order valence-corrected chi connectivity index (χ1v) is 11.1. The molecule has 2 fully saturated rings. The minimum atomic E-state index is -0.942. The van der Waals surface area contributed by atoms with Crippen LogP contribution in [0.1, 0.15) is 37.6 Å². The highest BCUT2D eigenvalue weighted by Crippen LogP contribution is 2.49. The van der Waals surface area contributed by atoms with E-state index in [2.05, 4.69) is 0 Å². The molecule has 0 saturated carbocycles. The highest BCUT2D eigenvalue weighted by Gasteiger charge is 2.59. The smallest absolute Gasteiger partial charge is 0.362 e. The van der Waals surface area contributed by atoms with Crippen LogP contribution in [0.4, 0.5) is 5.69 Å². The fraction of sp³-hybridized carbons (Fsp3) is 0.522. The van der Waals surface area contributed by atoms with Gasteiger partial charge >= 0.3 is 11.9 Å². The number of nitro benzene ring substituents is 1.